The van der Waals surface area contributed by atoms with Crippen LogP contribution in [0.3, 0.4) is 0 Å². The van der Waals surface area contributed by atoms with Crippen molar-refractivity contribution in [3.8, 4) is 0 Å². The molecule has 2 nitrogen and oxygen atoms in total. The molecule has 0 aromatic carbocycles. The van der Waals surface area contributed by atoms with E-state index in [1.54, 1.807) is 0 Å². The lowest BCUT2D eigenvalue weighted by molar-refractivity contribution is 0.538. The summed E-state index contributed by atoms with van der Waals surface area (Å²) in [5.41, 5.74) is 0. The quantitative estimate of drug-likeness (QED) is 0.341. The van der Waals surface area contributed by atoms with Gasteiger partial charge in [0.25, 0.3) is 0 Å². The Morgan fingerprint density at radius 2 is 1.75 bits per heavy atom. The van der Waals surface area contributed by atoms with Crippen molar-refractivity contribution in [2.75, 3.05) is 0 Å². The maximum Gasteiger partial charge on any atom is 0.690 e. The Labute approximate surface area is 29.2 Å². The van der Waals surface area contributed by atoms with E-state index in [1.807, 2.05) is 0 Å². The van der Waals surface area contributed by atoms with Gasteiger partial charge in [0.2, 0.25) is 0 Å². The van der Waals surface area contributed by atoms with Gasteiger partial charge in [-0.15, -0.1) is 0 Å². The first kappa shape index (κ1) is 9.02. The third-order valence-corrected chi connectivity index (χ3v) is 0. The van der Waals surface area contributed by atoms with Gasteiger partial charge in [-0.3, -0.25) is 0 Å². The molecular formula is CH5O2S+. The van der Waals surface area contributed by atoms with Crippen LogP contribution in [0.1, 0.15) is 7.43 Å². The molecule has 0 fully saturated rings. The summed E-state index contributed by atoms with van der Waals surface area (Å²) < 4.78 is 15.3. The van der Waals surface area contributed by atoms with E-state index in [0.717, 1.165) is 0 Å². The van der Waals surface area contributed by atoms with Crippen molar-refractivity contribution in [1.29, 1.82) is 0 Å². The summed E-state index contributed by atoms with van der Waals surface area (Å²) >= 11 is -0.500. The molecule has 0 aromatic rings. The van der Waals surface area contributed by atoms with Crippen LogP contribution in [0.4, 0.5) is 0 Å². The Hall–Kier alpha value is -0.0200. The molecule has 1 N–H and O–H groups in total. The summed E-state index contributed by atoms with van der Waals surface area (Å²) in [6.45, 7) is 0. The van der Waals surface area contributed by atoms with Crippen molar-refractivity contribution < 1.29 is 8.76 Å². The Morgan fingerprint density at radius 3 is 1.75 bits per heavy atom. The normalized spacial score (nSPS) is 3.25. The van der Waals surface area contributed by atoms with Crippen LogP contribution in [0.5, 0.6) is 0 Å². The van der Waals surface area contributed by atoms with Crippen molar-refractivity contribution in [3.05, 3.63) is 0 Å². The Kier molecular flexibility index (Phi) is 27.4. The van der Waals surface area contributed by atoms with Crippen LogP contribution < -0.4 is 0 Å². The third-order valence-electron chi connectivity index (χ3n) is 0. The lowest BCUT2D eigenvalue weighted by atomic mass is 12.0. The lowest BCUT2D eigenvalue weighted by Gasteiger charge is -0.944. The van der Waals surface area contributed by atoms with E-state index in [0.29, 0.717) is 0 Å². The zero-order valence-corrected chi connectivity index (χ0v) is 2.08. The van der Waals surface area contributed by atoms with Gasteiger partial charge < -0.3 is 0 Å². The molecule has 0 saturated heterocycles. The van der Waals surface area contributed by atoms with Gasteiger partial charge in [0, 0.05) is 0 Å². The smallest absolute Gasteiger partial charge is 0.0776 e. The average Bonchev–Trinajstić information content (AvgIpc) is 0.918. The second kappa shape index (κ2) is 12.2. The minimum absolute atomic E-state index is 0. The molecule has 0 aromatic heterocycles. The molecule has 0 heterocycles. The summed E-state index contributed by atoms with van der Waals surface area (Å²) in [5.74, 6) is 0. The van der Waals surface area contributed by atoms with Gasteiger partial charge in [-0.1, -0.05) is 12.0 Å². The maximum absolute atomic E-state index is 8.40. The van der Waals surface area contributed by atoms with Gasteiger partial charge in [0.15, 0.2) is 0 Å². The van der Waals surface area contributed by atoms with Gasteiger partial charge in [-0.05, 0) is 0 Å². The summed E-state index contributed by atoms with van der Waals surface area (Å²) in [4.78, 5) is 0. The van der Waals surface area contributed by atoms with Crippen LogP contribution >= 0.6 is 0 Å². The van der Waals surface area contributed by atoms with Crippen LogP contribution in [0.15, 0.2) is 0 Å². The van der Waals surface area contributed by atoms with E-state index < -0.39 is 11.9 Å². The van der Waals surface area contributed by atoms with Crippen molar-refractivity contribution in [1.82, 2.24) is 0 Å². The maximum atomic E-state index is 8.40. The van der Waals surface area contributed by atoms with Crippen LogP contribution in [0, 0.1) is 0 Å². The van der Waals surface area contributed by atoms with Crippen molar-refractivity contribution >= 4 is 11.9 Å². The highest BCUT2D eigenvalue weighted by molar-refractivity contribution is 7.59. The van der Waals surface area contributed by atoms with Gasteiger partial charge in [0.1, 0.15) is 0 Å². The Balaban J connectivity index is 0. The highest BCUT2D eigenvalue weighted by atomic mass is 32.2. The van der Waals surface area contributed by atoms with E-state index in [4.69, 9.17) is 8.76 Å². The Bertz CT molecular complexity index is 13.5. The largest absolute Gasteiger partial charge is 0.690 e. The lowest BCUT2D eigenvalue weighted by Crippen LogP contribution is -1.35. The third kappa shape index (κ3) is 4750. The van der Waals surface area contributed by atoms with E-state index in [-0.39, 0.29) is 7.43 Å². The topological polar surface area (TPSA) is 37.3 Å². The second-order valence-corrected chi connectivity index (χ2v) is 0.224. The fraction of sp³-hybridized carbons (Fsp3) is 1.00. The Morgan fingerprint density at radius 1 is 1.75 bits per heavy atom. The van der Waals surface area contributed by atoms with Crippen molar-refractivity contribution in [2.45, 2.75) is 7.43 Å². The van der Waals surface area contributed by atoms with Gasteiger partial charge >= 0.3 is 11.9 Å². The SMILES string of the molecule is C.O=[S+]O. The number of hydrogen-bond donors (Lipinski definition) is 1. The highest BCUT2D eigenvalue weighted by Crippen LogP contribution is 1.12. The predicted octanol–water partition coefficient (Wildman–Crippen LogP) is 0.524. The molecule has 0 radical (unpaired) electrons. The molecule has 4 heavy (non-hydrogen) atoms. The van der Waals surface area contributed by atoms with Crippen molar-refractivity contribution in [3.63, 3.8) is 0 Å². The molecule has 3 heteroatoms. The first-order valence-electron chi connectivity index (χ1n) is 0.349. The molecule has 0 unspecified atom stereocenters. The van der Waals surface area contributed by atoms with Gasteiger partial charge in [-0.2, -0.15) is 0 Å². The molecule has 0 rings (SSSR count). The van der Waals surface area contributed by atoms with Crippen LogP contribution in [0.2, 0.25) is 0 Å². The zero-order chi connectivity index (χ0) is 2.71. The predicted molar refractivity (Wildman–Crippen MR) is 17.4 cm³/mol. The number of hydrogen-bond acceptors (Lipinski definition) is 1. The van der Waals surface area contributed by atoms with Gasteiger partial charge in [0.05, 0.1) is 4.21 Å². The first-order valence-corrected chi connectivity index (χ1v) is 1.05. The number of rotatable bonds is 0. The minimum atomic E-state index is -0.500. The van der Waals surface area contributed by atoms with Crippen LogP contribution in [-0.2, 0) is 16.2 Å². The van der Waals surface area contributed by atoms with E-state index in [1.165, 1.54) is 0 Å². The zero-order valence-electron chi connectivity index (χ0n) is 1.26. The molecule has 0 bridgehead atoms. The van der Waals surface area contributed by atoms with Crippen molar-refractivity contribution in [2.24, 2.45) is 0 Å². The molecule has 0 atom stereocenters. The molecule has 0 saturated carbocycles. The van der Waals surface area contributed by atoms with Gasteiger partial charge in [-0.25, -0.2) is 0 Å². The molecular weight excluding hydrogens is 76.1 g/mol. The summed E-state index contributed by atoms with van der Waals surface area (Å²) in [5, 5.41) is 0. The molecule has 0 aliphatic carbocycles. The molecule has 0 amide bonds. The fourth-order valence-corrected chi connectivity index (χ4v) is 0. The molecule has 0 aliphatic heterocycles. The van der Waals surface area contributed by atoms with E-state index >= 15 is 0 Å². The molecule has 0 spiro atoms. The monoisotopic (exact) mass is 81.0 g/mol. The summed E-state index contributed by atoms with van der Waals surface area (Å²) in [6, 6.07) is 0. The van der Waals surface area contributed by atoms with E-state index in [9.17, 15) is 0 Å². The molecule has 26 valence electrons. The minimum Gasteiger partial charge on any atom is -0.0776 e. The molecule has 0 aliphatic rings. The second-order valence-electron chi connectivity index (χ2n) is 0.0745. The standard InChI is InChI=1S/CH4.O2S/c;1-3-2/h1H4;/p+1. The summed E-state index contributed by atoms with van der Waals surface area (Å²) in [6.07, 6.45) is 0. The highest BCUT2D eigenvalue weighted by Gasteiger charge is 1.61. The van der Waals surface area contributed by atoms with Crippen LogP contribution in [-0.4, -0.2) is 4.55 Å². The fourth-order valence-electron chi connectivity index (χ4n) is 0. The summed E-state index contributed by atoms with van der Waals surface area (Å²) in [7, 11) is 0. The average molecular weight is 81.1 g/mol. The van der Waals surface area contributed by atoms with E-state index in [2.05, 4.69) is 0 Å². The van der Waals surface area contributed by atoms with Crippen LogP contribution in [0.25, 0.3) is 0 Å². The first-order chi connectivity index (χ1) is 1.41.